The second kappa shape index (κ2) is 53.0. The van der Waals surface area contributed by atoms with Crippen molar-refractivity contribution in [3.63, 3.8) is 0 Å². The van der Waals surface area contributed by atoms with E-state index in [9.17, 15) is 45.6 Å². The largest absolute Gasteiger partial charge is 0.394 e. The zero-order chi connectivity index (χ0) is 58.8. The second-order valence-electron chi connectivity index (χ2n) is 24.7. The topological polar surface area (TPSA) is 228 Å². The lowest BCUT2D eigenvalue weighted by Gasteiger charge is -2.46. The van der Waals surface area contributed by atoms with Crippen molar-refractivity contribution >= 4 is 5.91 Å². The first-order chi connectivity index (χ1) is 39.6. The van der Waals surface area contributed by atoms with E-state index in [4.69, 9.17) is 18.9 Å². The van der Waals surface area contributed by atoms with Gasteiger partial charge in [-0.25, -0.2) is 0 Å². The molecule has 0 saturated carbocycles. The minimum atomic E-state index is -1.79. The van der Waals surface area contributed by atoms with E-state index in [1.807, 2.05) is 6.08 Å². The van der Waals surface area contributed by atoms with Gasteiger partial charge in [0.25, 0.3) is 0 Å². The molecule has 9 N–H and O–H groups in total. The molecule has 2 heterocycles. The maximum Gasteiger partial charge on any atom is 0.220 e. The van der Waals surface area contributed by atoms with Crippen LogP contribution < -0.4 is 5.32 Å². The highest BCUT2D eigenvalue weighted by Crippen LogP contribution is 2.30. The van der Waals surface area contributed by atoms with Crippen LogP contribution in [0, 0.1) is 0 Å². The zero-order valence-corrected chi connectivity index (χ0v) is 52.1. The van der Waals surface area contributed by atoms with E-state index in [2.05, 4.69) is 19.2 Å². The number of rotatable bonds is 57. The third-order valence-electron chi connectivity index (χ3n) is 17.2. The maximum atomic E-state index is 13.3. The van der Waals surface area contributed by atoms with Gasteiger partial charge in [-0.2, -0.15) is 0 Å². The summed E-state index contributed by atoms with van der Waals surface area (Å²) in [5, 5.41) is 87.3. The van der Waals surface area contributed by atoms with Crippen LogP contribution in [-0.4, -0.2) is 140 Å². The molecular formula is C67H129NO13. The number of nitrogens with one attached hydrogen (secondary N) is 1. The number of carbonyl (C=O) groups excluding carboxylic acids is 1. The third kappa shape index (κ3) is 37.8. The molecule has 0 radical (unpaired) electrons. The number of allylic oxidation sites excluding steroid dienone is 1. The van der Waals surface area contributed by atoms with Gasteiger partial charge < -0.3 is 65.1 Å². The molecule has 2 aliphatic rings. The summed E-state index contributed by atoms with van der Waals surface area (Å²) >= 11 is 0. The number of unbranched alkanes of at least 4 members (excludes halogenated alkanes) is 44. The average Bonchev–Trinajstić information content (AvgIpc) is 3.64. The Balaban J connectivity index is 1.63. The highest BCUT2D eigenvalue weighted by molar-refractivity contribution is 5.76. The Labute approximate surface area is 495 Å². The Kier molecular flexibility index (Phi) is 49.6. The molecule has 0 aliphatic carbocycles. The first kappa shape index (κ1) is 75.8. The Morgan fingerprint density at radius 3 is 1.14 bits per heavy atom. The molecule has 14 nitrogen and oxygen atoms in total. The molecule has 12 atom stereocenters. The number of hydrogen-bond donors (Lipinski definition) is 9. The van der Waals surface area contributed by atoms with Crippen LogP contribution in [0.2, 0.25) is 0 Å². The van der Waals surface area contributed by atoms with E-state index in [0.29, 0.717) is 6.42 Å². The highest BCUT2D eigenvalue weighted by atomic mass is 16.7. The summed E-state index contributed by atoms with van der Waals surface area (Å²) < 4.78 is 22.8. The van der Waals surface area contributed by atoms with Gasteiger partial charge in [0.05, 0.1) is 32.0 Å². The van der Waals surface area contributed by atoms with Gasteiger partial charge >= 0.3 is 0 Å². The number of aliphatic hydroxyl groups excluding tert-OH is 8. The summed E-state index contributed by atoms with van der Waals surface area (Å²) in [6.45, 7) is 2.84. The molecule has 12 unspecified atom stereocenters. The minimum Gasteiger partial charge on any atom is -0.394 e. The van der Waals surface area contributed by atoms with Crippen molar-refractivity contribution in [2.75, 3.05) is 19.8 Å². The van der Waals surface area contributed by atoms with Gasteiger partial charge in [-0.3, -0.25) is 4.79 Å². The van der Waals surface area contributed by atoms with E-state index in [-0.39, 0.29) is 18.9 Å². The monoisotopic (exact) mass is 1160 g/mol. The fourth-order valence-corrected chi connectivity index (χ4v) is 11.7. The summed E-state index contributed by atoms with van der Waals surface area (Å²) in [7, 11) is 0. The van der Waals surface area contributed by atoms with Gasteiger partial charge in [-0.15, -0.1) is 0 Å². The molecule has 14 heteroatoms. The van der Waals surface area contributed by atoms with Crippen LogP contribution in [0.1, 0.15) is 316 Å². The van der Waals surface area contributed by atoms with Crippen LogP contribution in [0.4, 0.5) is 0 Å². The van der Waals surface area contributed by atoms with E-state index in [0.717, 1.165) is 38.5 Å². The quantitative estimate of drug-likeness (QED) is 0.0204. The predicted octanol–water partition coefficient (Wildman–Crippen LogP) is 13.4. The molecule has 0 aromatic heterocycles. The van der Waals surface area contributed by atoms with Crippen LogP contribution >= 0.6 is 0 Å². The Morgan fingerprint density at radius 1 is 0.432 bits per heavy atom. The van der Waals surface area contributed by atoms with Crippen molar-refractivity contribution in [2.24, 2.45) is 0 Å². The molecule has 0 aromatic rings. The number of hydrogen-bond acceptors (Lipinski definition) is 13. The van der Waals surface area contributed by atoms with E-state index >= 15 is 0 Å². The number of aliphatic hydroxyl groups is 8. The molecule has 0 spiro atoms. The van der Waals surface area contributed by atoms with Crippen LogP contribution in [0.15, 0.2) is 12.2 Å². The van der Waals surface area contributed by atoms with E-state index in [1.165, 1.54) is 250 Å². The number of amides is 1. The van der Waals surface area contributed by atoms with Crippen LogP contribution in [-0.2, 0) is 23.7 Å². The van der Waals surface area contributed by atoms with E-state index < -0.39 is 86.8 Å². The summed E-state index contributed by atoms with van der Waals surface area (Å²) in [4.78, 5) is 13.3. The van der Waals surface area contributed by atoms with Gasteiger partial charge in [0, 0.05) is 6.42 Å². The standard InChI is InChI=1S/C67H129NO13/c1-3-5-7-9-11-13-15-17-19-20-21-22-23-24-25-26-27-28-29-30-31-32-33-34-35-36-37-38-40-42-44-46-48-50-56(71)55(68-59(72)51-49-47-45-43-41-39-18-16-14-12-10-8-6-4-2)54-78-66-64(77)62(75)65(58(53-70)80-66)81-67-63(76)61(74)60(73)57(52-69)79-67/h48,50,55-58,60-67,69-71,73-77H,3-47,49,51-54H2,1-2H3,(H,68,72)/b50-48+. The zero-order valence-electron chi connectivity index (χ0n) is 52.1. The number of ether oxygens (including phenoxy) is 4. The first-order valence-corrected chi connectivity index (χ1v) is 34.4. The van der Waals surface area contributed by atoms with Gasteiger partial charge in [0.2, 0.25) is 5.91 Å². The van der Waals surface area contributed by atoms with Crippen molar-refractivity contribution in [2.45, 2.75) is 389 Å². The first-order valence-electron chi connectivity index (χ1n) is 34.4. The van der Waals surface area contributed by atoms with Crippen molar-refractivity contribution in [1.82, 2.24) is 5.32 Å². The van der Waals surface area contributed by atoms with Crippen molar-refractivity contribution in [3.05, 3.63) is 12.2 Å². The lowest BCUT2D eigenvalue weighted by atomic mass is 9.97. The maximum absolute atomic E-state index is 13.3. The number of carbonyl (C=O) groups is 1. The van der Waals surface area contributed by atoms with Gasteiger partial charge in [-0.1, -0.05) is 302 Å². The Hall–Kier alpha value is -1.27. The molecule has 0 aromatic carbocycles. The summed E-state index contributed by atoms with van der Waals surface area (Å²) in [6, 6.07) is -0.910. The van der Waals surface area contributed by atoms with Gasteiger partial charge in [-0.05, 0) is 19.3 Å². The lowest BCUT2D eigenvalue weighted by molar-refractivity contribution is -0.359. The van der Waals surface area contributed by atoms with Crippen LogP contribution in [0.3, 0.4) is 0 Å². The third-order valence-corrected chi connectivity index (χ3v) is 17.2. The molecule has 1 amide bonds. The fraction of sp³-hybridized carbons (Fsp3) is 0.955. The highest BCUT2D eigenvalue weighted by Gasteiger charge is 2.51. The van der Waals surface area contributed by atoms with Crippen LogP contribution in [0.25, 0.3) is 0 Å². The van der Waals surface area contributed by atoms with Crippen molar-refractivity contribution in [3.8, 4) is 0 Å². The normalized spacial score (nSPS) is 24.1. The summed E-state index contributed by atoms with van der Waals surface area (Å²) in [5.74, 6) is -0.234. The molecule has 2 aliphatic heterocycles. The average molecular weight is 1160 g/mol. The molecule has 2 rings (SSSR count). The van der Waals surface area contributed by atoms with E-state index in [1.54, 1.807) is 6.08 Å². The fourth-order valence-electron chi connectivity index (χ4n) is 11.7. The van der Waals surface area contributed by atoms with Crippen molar-refractivity contribution in [1.29, 1.82) is 0 Å². The summed E-state index contributed by atoms with van der Waals surface area (Å²) in [6.07, 6.45) is 47.1. The SMILES string of the molecule is CCCCCCCCCCCCCCCCCCCCCCCCCCCCCCCCC/C=C/C(O)C(COC1OC(CO)C(OC2OC(CO)C(O)C(O)C2O)C(O)C1O)NC(=O)CCCCCCCCCCCCCCCC. The van der Waals surface area contributed by atoms with Crippen molar-refractivity contribution < 1.29 is 64.6 Å². The minimum absolute atomic E-state index is 0.234. The Bertz CT molecular complexity index is 1410. The molecule has 2 fully saturated rings. The van der Waals surface area contributed by atoms with Crippen LogP contribution in [0.5, 0.6) is 0 Å². The molecule has 480 valence electrons. The molecule has 2 saturated heterocycles. The van der Waals surface area contributed by atoms with Gasteiger partial charge in [0.15, 0.2) is 12.6 Å². The van der Waals surface area contributed by atoms with Gasteiger partial charge in [0.1, 0.15) is 48.8 Å². The molecule has 0 bridgehead atoms. The molecular weight excluding hydrogens is 1030 g/mol. The smallest absolute Gasteiger partial charge is 0.220 e. The lowest BCUT2D eigenvalue weighted by Crippen LogP contribution is -2.65. The molecule has 81 heavy (non-hydrogen) atoms. The second-order valence-corrected chi connectivity index (χ2v) is 24.7. The summed E-state index contributed by atoms with van der Waals surface area (Å²) in [5.41, 5.74) is 0. The Morgan fingerprint density at radius 2 is 0.765 bits per heavy atom. The predicted molar refractivity (Wildman–Crippen MR) is 328 cm³/mol.